The van der Waals surface area contributed by atoms with E-state index in [4.69, 9.17) is 13.5 Å². The quantitative estimate of drug-likeness (QED) is 0.288. The molecule has 5 unspecified atom stereocenters. The van der Waals surface area contributed by atoms with Crippen LogP contribution in [-0.2, 0) is 8.23 Å². The van der Waals surface area contributed by atoms with Gasteiger partial charge in [-0.05, 0) is 55.3 Å². The molecule has 1 aliphatic heterocycles. The molecule has 0 spiro atoms. The maximum atomic E-state index is 11.8. The van der Waals surface area contributed by atoms with Crippen molar-refractivity contribution < 1.29 is 13.0 Å². The van der Waals surface area contributed by atoms with E-state index in [1.807, 2.05) is 0 Å². The summed E-state index contributed by atoms with van der Waals surface area (Å²) in [7, 11) is -9.69. The maximum Gasteiger partial charge on any atom is 0.321 e. The van der Waals surface area contributed by atoms with Crippen LogP contribution in [0.4, 0.5) is 0 Å². The van der Waals surface area contributed by atoms with Crippen LogP contribution in [0.15, 0.2) is 12.2 Å². The molecule has 0 aromatic rings. The molecule has 8 heteroatoms. The highest BCUT2D eigenvalue weighted by Gasteiger charge is 2.68. The standard InChI is InChI=1S/C19H41NO3Si4/c1-16(2)15-27(14-12-11-13-20)22-24(8,17(3)4)19(7)26(10,23-27)25(9,21)18(5)6/h17-19,21H,1,11-12,14-15H2,2-10H3. The molecule has 1 N–H and O–H groups in total. The van der Waals surface area contributed by atoms with Gasteiger partial charge in [0.2, 0.25) is 7.83 Å². The summed E-state index contributed by atoms with van der Waals surface area (Å²) in [5.41, 5.74) is 1.82. The summed E-state index contributed by atoms with van der Waals surface area (Å²) >= 11 is 0. The largest absolute Gasteiger partial charge is 0.436 e. The second-order valence-electron chi connectivity index (χ2n) is 9.73. The Hall–Kier alpha value is -0.0225. The molecule has 156 valence electrons. The molecule has 1 saturated heterocycles. The van der Waals surface area contributed by atoms with Crippen molar-refractivity contribution in [2.24, 2.45) is 0 Å². The molecule has 0 bridgehead atoms. The van der Waals surface area contributed by atoms with Gasteiger partial charge < -0.3 is 13.0 Å². The second kappa shape index (κ2) is 8.77. The van der Waals surface area contributed by atoms with Gasteiger partial charge in [-0.25, -0.2) is 0 Å². The van der Waals surface area contributed by atoms with Crippen LogP contribution in [0.1, 0.15) is 54.4 Å². The topological polar surface area (TPSA) is 62.5 Å². The van der Waals surface area contributed by atoms with Gasteiger partial charge in [-0.1, -0.05) is 40.2 Å². The summed E-state index contributed by atoms with van der Waals surface area (Å²) in [6.07, 6.45) is 1.34. The summed E-state index contributed by atoms with van der Waals surface area (Å²) in [6.45, 7) is 24.2. The Morgan fingerprint density at radius 3 is 2.22 bits per heavy atom. The minimum atomic E-state index is -2.58. The van der Waals surface area contributed by atoms with Crippen LogP contribution in [0.5, 0.6) is 0 Å². The van der Waals surface area contributed by atoms with Crippen molar-refractivity contribution >= 4 is 32.5 Å². The zero-order chi connectivity index (χ0) is 21.3. The summed E-state index contributed by atoms with van der Waals surface area (Å²) in [4.78, 5) is 11.8. The van der Waals surface area contributed by atoms with E-state index in [0.717, 1.165) is 24.1 Å². The number of nitrogens with zero attached hydrogens (tertiary/aromatic N) is 1. The van der Waals surface area contributed by atoms with Gasteiger partial charge >= 0.3 is 8.56 Å². The first-order valence-electron chi connectivity index (χ1n) is 10.3. The Kier molecular flexibility index (Phi) is 8.13. The fourth-order valence-corrected chi connectivity index (χ4v) is 41.9. The number of allylic oxidation sites excluding steroid dienone is 1. The molecule has 1 heterocycles. The van der Waals surface area contributed by atoms with Crippen molar-refractivity contribution in [2.75, 3.05) is 0 Å². The van der Waals surface area contributed by atoms with E-state index >= 15 is 0 Å². The molecule has 1 rings (SSSR count). The van der Waals surface area contributed by atoms with Gasteiger partial charge in [-0.15, -0.1) is 6.58 Å². The lowest BCUT2D eigenvalue weighted by Crippen LogP contribution is -2.78. The Bertz CT molecular complexity index is 592. The van der Waals surface area contributed by atoms with E-state index in [9.17, 15) is 4.80 Å². The number of rotatable bonds is 8. The van der Waals surface area contributed by atoms with Crippen LogP contribution in [0, 0.1) is 11.3 Å². The summed E-state index contributed by atoms with van der Waals surface area (Å²) in [5, 5.41) is 9.39. The molecule has 0 amide bonds. The number of hydrogen-bond donors (Lipinski definition) is 1. The summed E-state index contributed by atoms with van der Waals surface area (Å²) in [6, 6.07) is 3.89. The molecular weight excluding hydrogens is 403 g/mol. The van der Waals surface area contributed by atoms with Gasteiger partial charge in [0, 0.05) is 12.5 Å². The smallest absolute Gasteiger partial charge is 0.321 e. The van der Waals surface area contributed by atoms with Gasteiger partial charge in [-0.2, -0.15) is 5.26 Å². The fraction of sp³-hybridized carbons (Fsp3) is 0.842. The van der Waals surface area contributed by atoms with Crippen molar-refractivity contribution in [3.05, 3.63) is 12.2 Å². The zero-order valence-electron chi connectivity index (χ0n) is 19.0. The SMILES string of the molecule is C=C(C)C[Si]1(CCCC#N)O[Si](C)(C(C)C)C(C)[Si](C)([Si](C)(O)C(C)C)O1. The minimum absolute atomic E-state index is 0.260. The van der Waals surface area contributed by atoms with Crippen LogP contribution in [0.3, 0.4) is 0 Å². The molecule has 0 radical (unpaired) electrons. The monoisotopic (exact) mass is 443 g/mol. The highest BCUT2D eigenvalue weighted by molar-refractivity contribution is 7.41. The molecule has 1 aliphatic rings. The third-order valence-corrected chi connectivity index (χ3v) is 40.0. The van der Waals surface area contributed by atoms with E-state index in [0.29, 0.717) is 17.1 Å². The number of unbranched alkanes of at least 4 members (excludes halogenated alkanes) is 1. The first kappa shape index (κ1) is 25.0. The Morgan fingerprint density at radius 1 is 1.26 bits per heavy atom. The average molecular weight is 444 g/mol. The molecule has 0 saturated carbocycles. The normalized spacial score (nSPS) is 36.5. The molecule has 0 aromatic carbocycles. The molecule has 0 aliphatic carbocycles. The third kappa shape index (κ3) is 4.77. The van der Waals surface area contributed by atoms with Gasteiger partial charge in [-0.3, -0.25) is 0 Å². The van der Waals surface area contributed by atoms with Gasteiger partial charge in [0.15, 0.2) is 16.2 Å². The van der Waals surface area contributed by atoms with Gasteiger partial charge in [0.05, 0.1) is 6.07 Å². The average Bonchev–Trinajstić information content (AvgIpc) is 2.51. The molecule has 1 fully saturated rings. The molecular formula is C19H41NO3Si4. The Morgan fingerprint density at radius 2 is 1.81 bits per heavy atom. The summed E-state index contributed by atoms with van der Waals surface area (Å²) < 4.78 is 14.2. The lowest BCUT2D eigenvalue weighted by atomic mass is 10.4. The predicted molar refractivity (Wildman–Crippen MR) is 124 cm³/mol. The predicted octanol–water partition coefficient (Wildman–Crippen LogP) is 5.90. The zero-order valence-corrected chi connectivity index (χ0v) is 23.0. The lowest BCUT2D eigenvalue weighted by Gasteiger charge is -2.60. The van der Waals surface area contributed by atoms with E-state index in [-0.39, 0.29) is 5.54 Å². The first-order chi connectivity index (χ1) is 12.2. The Balaban J connectivity index is 3.56. The third-order valence-electron chi connectivity index (χ3n) is 7.18. The van der Waals surface area contributed by atoms with Crippen LogP contribution in [0.2, 0.25) is 48.0 Å². The van der Waals surface area contributed by atoms with Crippen LogP contribution >= 0.6 is 0 Å². The van der Waals surface area contributed by atoms with E-state index < -0.39 is 32.5 Å². The Labute approximate surface area is 171 Å². The van der Waals surface area contributed by atoms with Crippen LogP contribution in [0.25, 0.3) is 0 Å². The van der Waals surface area contributed by atoms with Gasteiger partial charge in [0.25, 0.3) is 0 Å². The highest BCUT2D eigenvalue weighted by Crippen LogP contribution is 2.53. The molecule has 0 aromatic heterocycles. The minimum Gasteiger partial charge on any atom is -0.436 e. The fourth-order valence-electron chi connectivity index (χ4n) is 4.42. The van der Waals surface area contributed by atoms with E-state index in [1.54, 1.807) is 0 Å². The van der Waals surface area contributed by atoms with Crippen molar-refractivity contribution in [2.45, 2.75) is 102 Å². The summed E-state index contributed by atoms with van der Waals surface area (Å²) in [5.74, 6) is 0. The number of hydrogen-bond acceptors (Lipinski definition) is 4. The highest BCUT2D eigenvalue weighted by atomic mass is 29.3. The van der Waals surface area contributed by atoms with Crippen LogP contribution in [-0.4, -0.2) is 37.3 Å². The lowest BCUT2D eigenvalue weighted by molar-refractivity contribution is 0.331. The first-order valence-corrected chi connectivity index (χ1v) is 21.1. The van der Waals surface area contributed by atoms with Crippen molar-refractivity contribution in [3.8, 4) is 6.07 Å². The van der Waals surface area contributed by atoms with Gasteiger partial charge in [0.1, 0.15) is 0 Å². The van der Waals surface area contributed by atoms with Crippen LogP contribution < -0.4 is 0 Å². The molecule has 4 nitrogen and oxygen atoms in total. The van der Waals surface area contributed by atoms with Crippen molar-refractivity contribution in [1.29, 1.82) is 5.26 Å². The van der Waals surface area contributed by atoms with E-state index in [2.05, 4.69) is 73.8 Å². The second-order valence-corrected chi connectivity index (χ2v) is 31.5. The number of nitriles is 1. The van der Waals surface area contributed by atoms with E-state index in [1.165, 1.54) is 0 Å². The van der Waals surface area contributed by atoms with Crippen molar-refractivity contribution in [1.82, 2.24) is 0 Å². The molecule has 5 atom stereocenters. The molecule has 27 heavy (non-hydrogen) atoms. The maximum absolute atomic E-state index is 11.8. The van der Waals surface area contributed by atoms with Crippen molar-refractivity contribution in [3.63, 3.8) is 0 Å².